The number of ether oxygens (including phenoxy) is 3. The number of nitrogens with zero attached hydrogens (tertiary/aromatic N) is 1. The van der Waals surface area contributed by atoms with Crippen molar-refractivity contribution in [2.24, 2.45) is 0 Å². The van der Waals surface area contributed by atoms with E-state index in [1.165, 1.54) is 12.8 Å². The summed E-state index contributed by atoms with van der Waals surface area (Å²) < 4.78 is 16.5. The average Bonchev–Trinajstić information content (AvgIpc) is 3.26. The van der Waals surface area contributed by atoms with E-state index in [0.29, 0.717) is 23.7 Å². The van der Waals surface area contributed by atoms with Crippen LogP contribution in [-0.4, -0.2) is 43.9 Å². The minimum atomic E-state index is -0.0349. The molecule has 5 nitrogen and oxygen atoms in total. The van der Waals surface area contributed by atoms with Crippen LogP contribution in [0.4, 0.5) is 0 Å². The summed E-state index contributed by atoms with van der Waals surface area (Å²) in [6.07, 6.45) is 3.39. The van der Waals surface area contributed by atoms with E-state index in [-0.39, 0.29) is 11.3 Å². The molecule has 6 heteroatoms. The molecule has 29 heavy (non-hydrogen) atoms. The Morgan fingerprint density at radius 3 is 2.52 bits per heavy atom. The molecule has 1 saturated heterocycles. The lowest BCUT2D eigenvalue weighted by Crippen LogP contribution is -2.30. The lowest BCUT2D eigenvalue weighted by molar-refractivity contribution is 0.0760. The van der Waals surface area contributed by atoms with Crippen molar-refractivity contribution < 1.29 is 19.0 Å². The maximum absolute atomic E-state index is 13.1. The molecule has 0 aliphatic carbocycles. The number of hydrogen-bond donors (Lipinski definition) is 0. The van der Waals surface area contributed by atoms with Crippen LogP contribution in [0.2, 0.25) is 0 Å². The van der Waals surface area contributed by atoms with Gasteiger partial charge >= 0.3 is 0 Å². The quantitative estimate of drug-likeness (QED) is 0.530. The molecule has 1 unspecified atom stereocenters. The lowest BCUT2D eigenvalue weighted by Gasteiger charge is -2.25. The van der Waals surface area contributed by atoms with Crippen LogP contribution >= 0.6 is 11.8 Å². The highest BCUT2D eigenvalue weighted by Gasteiger charge is 2.31. The van der Waals surface area contributed by atoms with Gasteiger partial charge in [0.2, 0.25) is 0 Å². The second kappa shape index (κ2) is 10.4. The van der Waals surface area contributed by atoms with Gasteiger partial charge in [-0.25, -0.2) is 0 Å². The zero-order chi connectivity index (χ0) is 20.6. The lowest BCUT2D eigenvalue weighted by atomic mass is 10.1. The fraction of sp³-hybridized carbons (Fsp3) is 0.435. The Hall–Kier alpha value is -2.34. The fourth-order valence-electron chi connectivity index (χ4n) is 3.36. The summed E-state index contributed by atoms with van der Waals surface area (Å²) in [5.41, 5.74) is 1.72. The Bertz CT molecular complexity index is 809. The fourth-order valence-corrected chi connectivity index (χ4v) is 4.61. The molecule has 1 amide bonds. The van der Waals surface area contributed by atoms with E-state index in [9.17, 15) is 4.79 Å². The molecule has 0 aromatic heterocycles. The van der Waals surface area contributed by atoms with E-state index >= 15 is 0 Å². The van der Waals surface area contributed by atoms with Crippen LogP contribution in [0, 0.1) is 0 Å². The van der Waals surface area contributed by atoms with Gasteiger partial charge in [0, 0.05) is 17.9 Å². The van der Waals surface area contributed by atoms with Gasteiger partial charge in [0.1, 0.15) is 11.1 Å². The molecule has 1 aliphatic rings. The maximum atomic E-state index is 13.1. The number of carbonyl (C=O) groups excluding carboxylic acids is 1. The predicted molar refractivity (Wildman–Crippen MR) is 117 cm³/mol. The monoisotopic (exact) mass is 415 g/mol. The summed E-state index contributed by atoms with van der Waals surface area (Å²) in [6, 6.07) is 13.3. The van der Waals surface area contributed by atoms with Crippen LogP contribution in [0.25, 0.3) is 0 Å². The second-order valence-electron chi connectivity index (χ2n) is 6.92. The molecule has 0 spiro atoms. The van der Waals surface area contributed by atoms with Crippen LogP contribution in [0.5, 0.6) is 17.2 Å². The first-order valence-corrected chi connectivity index (χ1v) is 11.1. The largest absolute Gasteiger partial charge is 0.494 e. The summed E-state index contributed by atoms with van der Waals surface area (Å²) >= 11 is 1.76. The third-order valence-corrected chi connectivity index (χ3v) is 6.22. The van der Waals surface area contributed by atoms with Crippen LogP contribution in [0.1, 0.15) is 47.5 Å². The van der Waals surface area contributed by atoms with Gasteiger partial charge in [0.15, 0.2) is 11.5 Å². The Kier molecular flexibility index (Phi) is 7.69. The first-order chi connectivity index (χ1) is 14.2. The van der Waals surface area contributed by atoms with Crippen LogP contribution in [0.3, 0.4) is 0 Å². The Labute approximate surface area is 177 Å². The van der Waals surface area contributed by atoms with Crippen LogP contribution < -0.4 is 14.2 Å². The van der Waals surface area contributed by atoms with Crippen molar-refractivity contribution in [3.63, 3.8) is 0 Å². The van der Waals surface area contributed by atoms with E-state index in [1.54, 1.807) is 26.0 Å². The molecule has 0 saturated carbocycles. The Balaban J connectivity index is 1.70. The molecule has 1 fully saturated rings. The number of amides is 1. The third kappa shape index (κ3) is 5.18. The minimum absolute atomic E-state index is 0.0346. The second-order valence-corrected chi connectivity index (χ2v) is 8.10. The third-order valence-electron chi connectivity index (χ3n) is 4.96. The molecule has 2 aromatic rings. The molecule has 2 aromatic carbocycles. The molecular weight excluding hydrogens is 386 g/mol. The Morgan fingerprint density at radius 2 is 1.83 bits per heavy atom. The van der Waals surface area contributed by atoms with Gasteiger partial charge in [-0.15, -0.1) is 11.8 Å². The van der Waals surface area contributed by atoms with Crippen molar-refractivity contribution in [3.05, 3.63) is 53.6 Å². The summed E-state index contributed by atoms with van der Waals surface area (Å²) in [4.78, 5) is 15.1. The number of benzene rings is 2. The summed E-state index contributed by atoms with van der Waals surface area (Å²) in [5.74, 6) is 3.11. The molecule has 0 N–H and O–H groups in total. The number of unbranched alkanes of at least 4 members (excludes halogenated alkanes) is 2. The van der Waals surface area contributed by atoms with Gasteiger partial charge in [-0.2, -0.15) is 0 Å². The van der Waals surface area contributed by atoms with Gasteiger partial charge in [0.05, 0.1) is 20.8 Å². The van der Waals surface area contributed by atoms with E-state index in [0.717, 1.165) is 30.0 Å². The standard InChI is InChI=1S/C23H29NO4S/c1-4-5-6-14-28-19-10-7-17(8-11-19)22(25)24-13-15-29-23(24)18-9-12-20(26-2)21(16-18)27-3/h7-12,16,23H,4-6,13-15H2,1-3H3. The topological polar surface area (TPSA) is 48.0 Å². The maximum Gasteiger partial charge on any atom is 0.255 e. The molecule has 0 bridgehead atoms. The minimum Gasteiger partial charge on any atom is -0.494 e. The molecular formula is C23H29NO4S. The zero-order valence-electron chi connectivity index (χ0n) is 17.3. The molecule has 3 rings (SSSR count). The summed E-state index contributed by atoms with van der Waals surface area (Å²) in [6.45, 7) is 3.61. The van der Waals surface area contributed by atoms with Gasteiger partial charge in [-0.05, 0) is 48.4 Å². The number of thioether (sulfide) groups is 1. The van der Waals surface area contributed by atoms with Gasteiger partial charge in [-0.3, -0.25) is 4.79 Å². The molecule has 1 heterocycles. The SMILES string of the molecule is CCCCCOc1ccc(C(=O)N2CCSC2c2ccc(OC)c(OC)c2)cc1. The first kappa shape index (κ1) is 21.4. The molecule has 1 atom stereocenters. The van der Waals surface area contributed by atoms with Gasteiger partial charge in [0.25, 0.3) is 5.91 Å². The van der Waals surface area contributed by atoms with Crippen LogP contribution in [0.15, 0.2) is 42.5 Å². The van der Waals surface area contributed by atoms with E-state index in [2.05, 4.69) is 6.92 Å². The molecule has 1 aliphatic heterocycles. The van der Waals surface area contributed by atoms with Crippen molar-refractivity contribution in [1.82, 2.24) is 4.90 Å². The highest BCUT2D eigenvalue weighted by atomic mass is 32.2. The van der Waals surface area contributed by atoms with Gasteiger partial charge in [-0.1, -0.05) is 25.8 Å². The first-order valence-electron chi connectivity index (χ1n) is 10.0. The zero-order valence-corrected chi connectivity index (χ0v) is 18.2. The number of rotatable bonds is 9. The number of methoxy groups -OCH3 is 2. The number of carbonyl (C=O) groups is 1. The predicted octanol–water partition coefficient (Wildman–Crippen LogP) is 5.16. The Morgan fingerprint density at radius 1 is 1.07 bits per heavy atom. The normalized spacial score (nSPS) is 16.0. The average molecular weight is 416 g/mol. The molecule has 0 radical (unpaired) electrons. The summed E-state index contributed by atoms with van der Waals surface area (Å²) in [7, 11) is 3.24. The van der Waals surface area contributed by atoms with Crippen molar-refractivity contribution >= 4 is 17.7 Å². The highest BCUT2D eigenvalue weighted by molar-refractivity contribution is 7.99. The molecule has 156 valence electrons. The van der Waals surface area contributed by atoms with E-state index in [1.807, 2.05) is 47.4 Å². The van der Waals surface area contributed by atoms with E-state index in [4.69, 9.17) is 14.2 Å². The van der Waals surface area contributed by atoms with Crippen molar-refractivity contribution in [3.8, 4) is 17.2 Å². The van der Waals surface area contributed by atoms with E-state index < -0.39 is 0 Å². The van der Waals surface area contributed by atoms with Crippen molar-refractivity contribution in [1.29, 1.82) is 0 Å². The smallest absolute Gasteiger partial charge is 0.255 e. The number of hydrogen-bond acceptors (Lipinski definition) is 5. The van der Waals surface area contributed by atoms with Crippen molar-refractivity contribution in [2.45, 2.75) is 31.6 Å². The highest BCUT2D eigenvalue weighted by Crippen LogP contribution is 2.41. The van der Waals surface area contributed by atoms with Gasteiger partial charge < -0.3 is 19.1 Å². The van der Waals surface area contributed by atoms with Crippen molar-refractivity contribution in [2.75, 3.05) is 33.1 Å². The summed E-state index contributed by atoms with van der Waals surface area (Å²) in [5, 5.41) is -0.0349. The van der Waals surface area contributed by atoms with Crippen LogP contribution in [-0.2, 0) is 0 Å².